The Bertz CT molecular complexity index is 91.3. The molecule has 0 aliphatic heterocycles. The molecule has 0 N–H and O–H groups in total. The van der Waals surface area contributed by atoms with Gasteiger partial charge < -0.3 is 4.43 Å². The fourth-order valence-electron chi connectivity index (χ4n) is 0.519. The zero-order chi connectivity index (χ0) is 8.04. The summed E-state index contributed by atoms with van der Waals surface area (Å²) in [5.74, 6) is 0. The van der Waals surface area contributed by atoms with Gasteiger partial charge in [-0.2, -0.15) is 13.2 Å². The Labute approximate surface area is 84.8 Å². The van der Waals surface area contributed by atoms with Crippen molar-refractivity contribution in [2.45, 2.75) is 25.6 Å². The lowest BCUT2D eigenvalue weighted by Crippen LogP contribution is -2.09. The van der Waals surface area contributed by atoms with Crippen molar-refractivity contribution in [2.75, 3.05) is 6.61 Å². The summed E-state index contributed by atoms with van der Waals surface area (Å²) in [5, 5.41) is 0. The predicted octanol–water partition coefficient (Wildman–Crippen LogP) is 2.32. The molecule has 78 valence electrons. The highest BCUT2D eigenvalue weighted by Crippen LogP contribution is 2.20. The van der Waals surface area contributed by atoms with Crippen LogP contribution in [0.1, 0.15) is 13.3 Å². The van der Waals surface area contributed by atoms with Crippen LogP contribution in [0.3, 0.4) is 0 Å². The number of rotatable bonds is 4. The first-order chi connectivity index (χ1) is 4.56. The second-order valence-electron chi connectivity index (χ2n) is 1.92. The molecule has 0 aromatic heterocycles. The van der Waals surface area contributed by atoms with Crippen LogP contribution in [0.25, 0.3) is 0 Å². The third-order valence-electron chi connectivity index (χ3n) is 0.953. The van der Waals surface area contributed by atoms with Crippen molar-refractivity contribution in [3.63, 3.8) is 0 Å². The molecule has 0 unspecified atom stereocenters. The quantitative estimate of drug-likeness (QED) is 0.545. The van der Waals surface area contributed by atoms with E-state index in [-0.39, 0.29) is 30.9 Å². The number of halogens is 5. The molecule has 0 aromatic carbocycles. The molecular formula is C5H13Cl2F3OSi. The Morgan fingerprint density at radius 3 is 2.08 bits per heavy atom. The van der Waals surface area contributed by atoms with Crippen LogP contribution in [0.5, 0.6) is 0 Å². The molecule has 0 atom stereocenters. The molecule has 7 heteroatoms. The van der Waals surface area contributed by atoms with E-state index in [1.165, 1.54) is 0 Å². The molecule has 12 heavy (non-hydrogen) atoms. The second-order valence-corrected chi connectivity index (χ2v) is 3.44. The van der Waals surface area contributed by atoms with Crippen molar-refractivity contribution in [3.05, 3.63) is 0 Å². The lowest BCUT2D eigenvalue weighted by atomic mass is 10.5. The van der Waals surface area contributed by atoms with E-state index in [1.807, 2.05) is 0 Å². The zero-order valence-electron chi connectivity index (χ0n) is 6.69. The van der Waals surface area contributed by atoms with E-state index in [4.69, 9.17) is 4.43 Å². The van der Waals surface area contributed by atoms with Crippen molar-refractivity contribution in [3.8, 4) is 0 Å². The molecule has 1 nitrogen and oxygen atoms in total. The summed E-state index contributed by atoms with van der Waals surface area (Å²) in [6.45, 7) is 2.34. The summed E-state index contributed by atoms with van der Waals surface area (Å²) < 4.78 is 39.2. The van der Waals surface area contributed by atoms with Gasteiger partial charge >= 0.3 is 6.18 Å². The van der Waals surface area contributed by atoms with E-state index >= 15 is 0 Å². The SMILES string of the molecule is CCO[SiH2]CCC(F)(F)F.Cl.Cl. The van der Waals surface area contributed by atoms with Crippen LogP contribution >= 0.6 is 24.8 Å². The summed E-state index contributed by atoms with van der Waals surface area (Å²) in [6, 6.07) is 0.206. The molecule has 0 rings (SSSR count). The lowest BCUT2D eigenvalue weighted by molar-refractivity contribution is -0.130. The van der Waals surface area contributed by atoms with Gasteiger partial charge in [-0.05, 0) is 13.0 Å². The maximum absolute atomic E-state index is 11.4. The molecule has 0 amide bonds. The Morgan fingerprint density at radius 2 is 1.75 bits per heavy atom. The van der Waals surface area contributed by atoms with Crippen LogP contribution in [-0.4, -0.2) is 22.5 Å². The number of hydrogen-bond donors (Lipinski definition) is 0. The van der Waals surface area contributed by atoms with Gasteiger partial charge in [0.1, 0.15) is 0 Å². The molecule has 0 radical (unpaired) electrons. The fraction of sp³-hybridized carbons (Fsp3) is 1.00. The largest absolute Gasteiger partial charge is 0.424 e. The molecule has 0 saturated heterocycles. The summed E-state index contributed by atoms with van der Waals surface area (Å²) in [6.07, 6.45) is -4.68. The Morgan fingerprint density at radius 1 is 1.25 bits per heavy atom. The molecule has 0 heterocycles. The predicted molar refractivity (Wildman–Crippen MR) is 50.1 cm³/mol. The van der Waals surface area contributed by atoms with Gasteiger partial charge in [0, 0.05) is 13.0 Å². The van der Waals surface area contributed by atoms with Gasteiger partial charge in [0.05, 0.1) is 0 Å². The minimum Gasteiger partial charge on any atom is -0.424 e. The molecule has 0 aliphatic rings. The van der Waals surface area contributed by atoms with Gasteiger partial charge in [-0.25, -0.2) is 0 Å². The summed E-state index contributed by atoms with van der Waals surface area (Å²) in [7, 11) is -0.889. The van der Waals surface area contributed by atoms with Gasteiger partial charge in [-0.15, -0.1) is 24.8 Å². The molecule has 0 bridgehead atoms. The Balaban J connectivity index is -0.000000405. The monoisotopic (exact) mass is 244 g/mol. The number of hydrogen-bond acceptors (Lipinski definition) is 1. The molecule has 0 aliphatic carbocycles. The first kappa shape index (κ1) is 18.4. The Kier molecular flexibility index (Phi) is 14.7. The normalized spacial score (nSPS) is 11.0. The molecule has 0 aromatic rings. The third-order valence-corrected chi connectivity index (χ3v) is 2.29. The first-order valence-corrected chi connectivity index (χ1v) is 4.78. The van der Waals surface area contributed by atoms with Gasteiger partial charge in [0.15, 0.2) is 9.76 Å². The van der Waals surface area contributed by atoms with Crippen molar-refractivity contribution in [2.24, 2.45) is 0 Å². The standard InChI is InChI=1S/C5H11F3OSi.2ClH/c1-2-9-10-4-3-5(6,7)8;;/h2-4,10H2,1H3;2*1H. The van der Waals surface area contributed by atoms with Gasteiger partial charge in [-0.1, -0.05) is 0 Å². The van der Waals surface area contributed by atoms with E-state index in [0.717, 1.165) is 0 Å². The van der Waals surface area contributed by atoms with Crippen LogP contribution in [0, 0.1) is 0 Å². The first-order valence-electron chi connectivity index (χ1n) is 3.20. The minimum absolute atomic E-state index is 0. The highest BCUT2D eigenvalue weighted by Gasteiger charge is 2.25. The summed E-state index contributed by atoms with van der Waals surface area (Å²) in [5.41, 5.74) is 0. The van der Waals surface area contributed by atoms with E-state index in [0.29, 0.717) is 6.61 Å². The fourth-order valence-corrected chi connectivity index (χ4v) is 1.56. The van der Waals surface area contributed by atoms with Gasteiger partial charge in [0.2, 0.25) is 0 Å². The summed E-state index contributed by atoms with van der Waals surface area (Å²) in [4.78, 5) is 0. The number of alkyl halides is 3. The maximum atomic E-state index is 11.4. The van der Waals surface area contributed by atoms with Crippen LogP contribution in [-0.2, 0) is 4.43 Å². The Hall–Kier alpha value is 0.547. The average Bonchev–Trinajstić information content (AvgIpc) is 1.78. The second kappa shape index (κ2) is 9.63. The third kappa shape index (κ3) is 16.9. The van der Waals surface area contributed by atoms with Crippen LogP contribution in [0.2, 0.25) is 6.04 Å². The van der Waals surface area contributed by atoms with Crippen molar-refractivity contribution in [1.29, 1.82) is 0 Å². The van der Waals surface area contributed by atoms with Crippen LogP contribution in [0.15, 0.2) is 0 Å². The van der Waals surface area contributed by atoms with E-state index in [9.17, 15) is 13.2 Å². The average molecular weight is 245 g/mol. The van der Waals surface area contributed by atoms with Crippen molar-refractivity contribution < 1.29 is 17.6 Å². The van der Waals surface area contributed by atoms with E-state index < -0.39 is 22.4 Å². The topological polar surface area (TPSA) is 9.23 Å². The van der Waals surface area contributed by atoms with E-state index in [2.05, 4.69) is 0 Å². The van der Waals surface area contributed by atoms with Gasteiger partial charge in [0.25, 0.3) is 0 Å². The van der Waals surface area contributed by atoms with Gasteiger partial charge in [-0.3, -0.25) is 0 Å². The molecular weight excluding hydrogens is 232 g/mol. The molecule has 0 fully saturated rings. The maximum Gasteiger partial charge on any atom is 0.388 e. The molecule has 0 spiro atoms. The van der Waals surface area contributed by atoms with E-state index in [1.54, 1.807) is 6.92 Å². The van der Waals surface area contributed by atoms with Crippen molar-refractivity contribution in [1.82, 2.24) is 0 Å². The minimum atomic E-state index is -4.00. The highest BCUT2D eigenvalue weighted by molar-refractivity contribution is 6.26. The van der Waals surface area contributed by atoms with Crippen LogP contribution < -0.4 is 0 Å². The lowest BCUT2D eigenvalue weighted by Gasteiger charge is -2.04. The summed E-state index contributed by atoms with van der Waals surface area (Å²) >= 11 is 0. The van der Waals surface area contributed by atoms with Crippen molar-refractivity contribution >= 4 is 34.6 Å². The zero-order valence-corrected chi connectivity index (χ0v) is 9.73. The molecule has 0 saturated carbocycles. The highest BCUT2D eigenvalue weighted by atomic mass is 35.5. The van der Waals surface area contributed by atoms with Crippen LogP contribution in [0.4, 0.5) is 13.2 Å². The smallest absolute Gasteiger partial charge is 0.388 e.